The van der Waals surface area contributed by atoms with Crippen molar-refractivity contribution in [3.63, 3.8) is 0 Å². The number of allylic oxidation sites excluding steroid dienone is 1. The number of hydrogen-bond donors (Lipinski definition) is 2. The number of fused-ring (bicyclic) bond motifs is 2. The van der Waals surface area contributed by atoms with Crippen LogP contribution in [0.5, 0.6) is 11.5 Å². The van der Waals surface area contributed by atoms with E-state index in [1.54, 1.807) is 30.3 Å². The number of carbonyl (C=O) groups is 1. The van der Waals surface area contributed by atoms with Gasteiger partial charge in [-0.1, -0.05) is 17.7 Å². The maximum Gasteiger partial charge on any atom is 0.255 e. The number of nitrogen functional groups attached to an aromatic ring is 1. The standard InChI is InChI=1S/C27H26ClN7O3/c1-2-11-34-12-3-4-18(13-34)35-26-21(25(29)30-14-31-26)22(33-35)19-9-10-20(24-23(19)37-15-38-24)32-27(36)16-5-7-17(28)8-6-16/h2,5-11,14,18H,3-4,12-13,15H2,1H3,(H,32,36)(H2,29,30,31)/t18-/m1/s1. The molecule has 1 amide bonds. The van der Waals surface area contributed by atoms with Crippen molar-refractivity contribution in [3.8, 4) is 22.8 Å². The molecule has 1 saturated heterocycles. The zero-order valence-electron chi connectivity index (χ0n) is 20.7. The van der Waals surface area contributed by atoms with Crippen LogP contribution in [0, 0.1) is 0 Å². The summed E-state index contributed by atoms with van der Waals surface area (Å²) in [6.45, 7) is 3.86. The van der Waals surface area contributed by atoms with Gasteiger partial charge in [-0.2, -0.15) is 5.10 Å². The van der Waals surface area contributed by atoms with E-state index >= 15 is 0 Å². The van der Waals surface area contributed by atoms with Crippen molar-refractivity contribution >= 4 is 40.0 Å². The van der Waals surface area contributed by atoms with Crippen molar-refractivity contribution in [1.82, 2.24) is 24.6 Å². The maximum atomic E-state index is 12.8. The highest BCUT2D eigenvalue weighted by Crippen LogP contribution is 2.48. The minimum atomic E-state index is -0.289. The third kappa shape index (κ3) is 4.26. The molecular formula is C27H26ClN7O3. The summed E-state index contributed by atoms with van der Waals surface area (Å²) in [5, 5.41) is 9.13. The number of hydrogen-bond acceptors (Lipinski definition) is 8. The maximum absolute atomic E-state index is 12.8. The van der Waals surface area contributed by atoms with E-state index in [2.05, 4.69) is 26.4 Å². The van der Waals surface area contributed by atoms with Crippen molar-refractivity contribution in [2.24, 2.45) is 0 Å². The zero-order chi connectivity index (χ0) is 26.2. The molecule has 0 saturated carbocycles. The summed E-state index contributed by atoms with van der Waals surface area (Å²) in [7, 11) is 0. The second-order valence-corrected chi connectivity index (χ2v) is 9.65. The first-order chi connectivity index (χ1) is 18.5. The molecule has 3 N–H and O–H groups in total. The van der Waals surface area contributed by atoms with Crippen LogP contribution in [0.1, 0.15) is 36.2 Å². The Morgan fingerprint density at radius 3 is 2.79 bits per heavy atom. The quantitative estimate of drug-likeness (QED) is 0.374. The second kappa shape index (κ2) is 9.86. The molecule has 0 spiro atoms. The average molecular weight is 532 g/mol. The van der Waals surface area contributed by atoms with Crippen molar-refractivity contribution in [3.05, 3.63) is 65.6 Å². The molecule has 11 heteroatoms. The molecule has 1 fully saturated rings. The molecule has 0 bridgehead atoms. The third-order valence-electron chi connectivity index (χ3n) is 6.78. The molecule has 2 aliphatic rings. The Morgan fingerprint density at radius 2 is 1.97 bits per heavy atom. The molecule has 4 aromatic rings. The van der Waals surface area contributed by atoms with E-state index in [0.29, 0.717) is 55.9 Å². The van der Waals surface area contributed by atoms with Crippen LogP contribution in [-0.2, 0) is 0 Å². The Balaban J connectivity index is 1.40. The van der Waals surface area contributed by atoms with Crippen molar-refractivity contribution in [2.45, 2.75) is 25.8 Å². The van der Waals surface area contributed by atoms with Gasteiger partial charge in [-0.3, -0.25) is 4.79 Å². The predicted molar refractivity (Wildman–Crippen MR) is 145 cm³/mol. The van der Waals surface area contributed by atoms with Gasteiger partial charge in [-0.05, 0) is 62.4 Å². The normalized spacial score (nSPS) is 16.9. The highest BCUT2D eigenvalue weighted by atomic mass is 35.5. The SMILES string of the molecule is CC=CN1CCC[C@@H](n2nc(-c3ccc(NC(=O)c4ccc(Cl)cc4)c4c3OCO4)c3c(N)ncnc32)C1. The zero-order valence-corrected chi connectivity index (χ0v) is 21.5. The Kier molecular flexibility index (Phi) is 6.24. The summed E-state index contributed by atoms with van der Waals surface area (Å²) < 4.78 is 13.6. The summed E-state index contributed by atoms with van der Waals surface area (Å²) >= 11 is 5.95. The molecule has 194 valence electrons. The molecule has 2 aromatic carbocycles. The summed E-state index contributed by atoms with van der Waals surface area (Å²) in [6.07, 6.45) is 7.63. The lowest BCUT2D eigenvalue weighted by molar-refractivity contribution is 0.102. The first kappa shape index (κ1) is 24.1. The third-order valence-corrected chi connectivity index (χ3v) is 7.03. The fraction of sp³-hybridized carbons (Fsp3) is 0.259. The number of rotatable bonds is 5. The van der Waals surface area contributed by atoms with Gasteiger partial charge >= 0.3 is 0 Å². The van der Waals surface area contributed by atoms with Gasteiger partial charge in [0.25, 0.3) is 5.91 Å². The highest BCUT2D eigenvalue weighted by molar-refractivity contribution is 6.30. The van der Waals surface area contributed by atoms with Crippen molar-refractivity contribution in [2.75, 3.05) is 30.9 Å². The molecule has 6 rings (SSSR count). The summed E-state index contributed by atoms with van der Waals surface area (Å²) in [4.78, 5) is 23.9. The van der Waals surface area contributed by atoms with Crippen LogP contribution in [-0.4, -0.2) is 50.4 Å². The molecule has 0 unspecified atom stereocenters. The minimum Gasteiger partial charge on any atom is -0.453 e. The van der Waals surface area contributed by atoms with Gasteiger partial charge in [0.2, 0.25) is 6.79 Å². The van der Waals surface area contributed by atoms with Gasteiger partial charge in [0.05, 0.1) is 17.1 Å². The Bertz CT molecular complexity index is 1550. The number of likely N-dealkylation sites (tertiary alicyclic amines) is 1. The fourth-order valence-electron chi connectivity index (χ4n) is 5.04. The predicted octanol–water partition coefficient (Wildman–Crippen LogP) is 4.88. The Labute approximate surface area is 224 Å². The van der Waals surface area contributed by atoms with Crippen molar-refractivity contribution in [1.29, 1.82) is 0 Å². The van der Waals surface area contributed by atoms with Crippen LogP contribution in [0.2, 0.25) is 5.02 Å². The lowest BCUT2D eigenvalue weighted by Gasteiger charge is -2.32. The molecule has 2 aliphatic heterocycles. The lowest BCUT2D eigenvalue weighted by atomic mass is 10.1. The Hall–Kier alpha value is -4.31. The molecule has 0 aliphatic carbocycles. The molecule has 1 atom stereocenters. The van der Waals surface area contributed by atoms with Crippen LogP contribution in [0.3, 0.4) is 0 Å². The van der Waals surface area contributed by atoms with Gasteiger partial charge in [0.1, 0.15) is 17.8 Å². The molecular weight excluding hydrogens is 506 g/mol. The number of benzene rings is 2. The number of ether oxygens (including phenoxy) is 2. The van der Waals surface area contributed by atoms with E-state index in [1.165, 1.54) is 6.33 Å². The van der Waals surface area contributed by atoms with E-state index in [9.17, 15) is 4.79 Å². The van der Waals surface area contributed by atoms with E-state index in [1.807, 2.05) is 23.7 Å². The van der Waals surface area contributed by atoms with E-state index in [0.717, 1.165) is 25.9 Å². The van der Waals surface area contributed by atoms with Crippen LogP contribution in [0.15, 0.2) is 55.0 Å². The van der Waals surface area contributed by atoms with Gasteiger partial charge in [-0.15, -0.1) is 0 Å². The largest absolute Gasteiger partial charge is 0.453 e. The number of amides is 1. The number of piperidine rings is 1. The first-order valence-electron chi connectivity index (χ1n) is 12.4. The lowest BCUT2D eigenvalue weighted by Crippen LogP contribution is -2.33. The summed E-state index contributed by atoms with van der Waals surface area (Å²) in [5.41, 5.74) is 9.30. The van der Waals surface area contributed by atoms with Gasteiger partial charge < -0.3 is 25.4 Å². The molecule has 0 radical (unpaired) electrons. The number of nitrogens with one attached hydrogen (secondary N) is 1. The topological polar surface area (TPSA) is 120 Å². The number of aromatic nitrogens is 4. The van der Waals surface area contributed by atoms with Crippen LogP contribution >= 0.6 is 11.6 Å². The number of halogens is 1. The second-order valence-electron chi connectivity index (χ2n) is 9.21. The highest BCUT2D eigenvalue weighted by Gasteiger charge is 2.30. The van der Waals surface area contributed by atoms with E-state index in [-0.39, 0.29) is 18.7 Å². The van der Waals surface area contributed by atoms with Crippen LogP contribution in [0.4, 0.5) is 11.5 Å². The number of anilines is 2. The van der Waals surface area contributed by atoms with Gasteiger partial charge in [0, 0.05) is 29.2 Å². The van der Waals surface area contributed by atoms with Crippen LogP contribution in [0.25, 0.3) is 22.3 Å². The molecule has 4 heterocycles. The molecule has 38 heavy (non-hydrogen) atoms. The summed E-state index contributed by atoms with van der Waals surface area (Å²) in [5.74, 6) is 0.959. The minimum absolute atomic E-state index is 0.0156. The average Bonchev–Trinajstić information content (AvgIpc) is 3.56. The summed E-state index contributed by atoms with van der Waals surface area (Å²) in [6, 6.07) is 10.4. The van der Waals surface area contributed by atoms with E-state index < -0.39 is 0 Å². The van der Waals surface area contributed by atoms with E-state index in [4.69, 9.17) is 31.9 Å². The molecule has 2 aromatic heterocycles. The Morgan fingerprint density at radius 1 is 1.16 bits per heavy atom. The number of carbonyl (C=O) groups excluding carboxylic acids is 1. The smallest absolute Gasteiger partial charge is 0.255 e. The molecule has 10 nitrogen and oxygen atoms in total. The number of nitrogens with two attached hydrogens (primary N) is 1. The van der Waals surface area contributed by atoms with Crippen molar-refractivity contribution < 1.29 is 14.3 Å². The fourth-order valence-corrected chi connectivity index (χ4v) is 5.17. The number of nitrogens with zero attached hydrogens (tertiary/aromatic N) is 5. The van der Waals surface area contributed by atoms with Crippen LogP contribution < -0.4 is 20.5 Å². The monoisotopic (exact) mass is 531 g/mol. The van der Waals surface area contributed by atoms with Gasteiger partial charge in [0.15, 0.2) is 17.1 Å². The van der Waals surface area contributed by atoms with Gasteiger partial charge in [-0.25, -0.2) is 14.6 Å². The first-order valence-corrected chi connectivity index (χ1v) is 12.8.